The summed E-state index contributed by atoms with van der Waals surface area (Å²) < 4.78 is 0. The third kappa shape index (κ3) is 0.800. The summed E-state index contributed by atoms with van der Waals surface area (Å²) in [5.74, 6) is 0.279. The zero-order valence-corrected chi connectivity index (χ0v) is 6.66. The minimum atomic E-state index is -0.153. The lowest BCUT2D eigenvalue weighted by Gasteiger charge is -2.37. The highest BCUT2D eigenvalue weighted by Gasteiger charge is 2.47. The summed E-state index contributed by atoms with van der Waals surface area (Å²) in [4.78, 5) is 11.1. The van der Waals surface area contributed by atoms with Gasteiger partial charge in [0.15, 0.2) is 5.78 Å². The third-order valence-corrected chi connectivity index (χ3v) is 3.32. The molecule has 0 amide bonds. The second kappa shape index (κ2) is 1.97. The Kier molecular flexibility index (Phi) is 1.31. The Morgan fingerprint density at radius 2 is 2.20 bits per heavy atom. The molecule has 0 heterocycles. The fraction of sp³-hybridized carbons (Fsp3) is 0.875. The smallest absolute Gasteiger partial charge is 0.151 e. The molecule has 56 valence electrons. The Morgan fingerprint density at radius 3 is 2.40 bits per heavy atom. The highest BCUT2D eigenvalue weighted by atomic mass is 35.5. The summed E-state index contributed by atoms with van der Waals surface area (Å²) in [5, 5.41) is -0.153. The van der Waals surface area contributed by atoms with E-state index < -0.39 is 0 Å². The minimum absolute atomic E-state index is 0.153. The van der Waals surface area contributed by atoms with Crippen molar-refractivity contribution in [3.05, 3.63) is 0 Å². The van der Waals surface area contributed by atoms with Gasteiger partial charge in [0.1, 0.15) is 0 Å². The maximum Gasteiger partial charge on any atom is 0.151 e. The third-order valence-electron chi connectivity index (χ3n) is 2.93. The highest BCUT2D eigenvalue weighted by molar-refractivity contribution is 6.31. The number of hydrogen-bond donors (Lipinski definition) is 0. The van der Waals surface area contributed by atoms with Crippen LogP contribution in [0.1, 0.15) is 32.1 Å². The second-order valence-corrected chi connectivity index (χ2v) is 4.20. The number of carbonyl (C=O) groups is 1. The van der Waals surface area contributed by atoms with Gasteiger partial charge in [-0.25, -0.2) is 0 Å². The zero-order valence-electron chi connectivity index (χ0n) is 5.90. The van der Waals surface area contributed by atoms with Gasteiger partial charge in [0.25, 0.3) is 0 Å². The molecule has 2 rings (SSSR count). The fourth-order valence-electron chi connectivity index (χ4n) is 2.10. The summed E-state index contributed by atoms with van der Waals surface area (Å²) in [5.41, 5.74) is 0.378. The van der Waals surface area contributed by atoms with Crippen molar-refractivity contribution >= 4 is 17.4 Å². The van der Waals surface area contributed by atoms with Gasteiger partial charge in [0.2, 0.25) is 0 Å². The van der Waals surface area contributed by atoms with Crippen LogP contribution in [0.15, 0.2) is 0 Å². The van der Waals surface area contributed by atoms with Gasteiger partial charge in [-0.05, 0) is 24.7 Å². The maximum absolute atomic E-state index is 11.1. The largest absolute Gasteiger partial charge is 0.298 e. The van der Waals surface area contributed by atoms with E-state index in [2.05, 4.69) is 0 Å². The number of halogens is 1. The molecule has 1 atom stereocenters. The summed E-state index contributed by atoms with van der Waals surface area (Å²) in [7, 11) is 0. The average molecular weight is 159 g/mol. The number of alkyl halides is 1. The first-order valence-corrected chi connectivity index (χ1v) is 4.32. The Bertz CT molecular complexity index is 172. The van der Waals surface area contributed by atoms with Crippen LogP contribution >= 0.6 is 11.6 Å². The average Bonchev–Trinajstić information content (AvgIpc) is 2.08. The van der Waals surface area contributed by atoms with Crippen LogP contribution in [-0.2, 0) is 4.79 Å². The van der Waals surface area contributed by atoms with Crippen molar-refractivity contribution < 1.29 is 4.79 Å². The highest BCUT2D eigenvalue weighted by Crippen LogP contribution is 2.52. The van der Waals surface area contributed by atoms with Crippen LogP contribution < -0.4 is 0 Å². The molecule has 0 aromatic rings. The Balaban J connectivity index is 2.10. The van der Waals surface area contributed by atoms with E-state index in [4.69, 9.17) is 11.6 Å². The number of carbonyl (C=O) groups excluding carboxylic acids is 1. The summed E-state index contributed by atoms with van der Waals surface area (Å²) in [6, 6.07) is 0. The van der Waals surface area contributed by atoms with Crippen LogP contribution in [0.2, 0.25) is 0 Å². The molecule has 2 aliphatic carbocycles. The molecule has 1 nitrogen and oxygen atoms in total. The molecule has 2 aliphatic rings. The van der Waals surface area contributed by atoms with Crippen molar-refractivity contribution in [3.8, 4) is 0 Å². The van der Waals surface area contributed by atoms with Crippen LogP contribution in [0.25, 0.3) is 0 Å². The van der Waals surface area contributed by atoms with E-state index in [0.29, 0.717) is 5.41 Å². The first kappa shape index (κ1) is 6.66. The Hall–Kier alpha value is -0.0400. The van der Waals surface area contributed by atoms with E-state index in [0.717, 1.165) is 12.8 Å². The van der Waals surface area contributed by atoms with Crippen LogP contribution in [-0.4, -0.2) is 11.2 Å². The number of Topliss-reactive ketones (excluding diaryl/α,β-unsaturated/α-hetero) is 1. The van der Waals surface area contributed by atoms with E-state index in [1.165, 1.54) is 19.3 Å². The lowest BCUT2D eigenvalue weighted by molar-refractivity contribution is -0.118. The molecule has 0 bridgehead atoms. The number of ketones is 1. The van der Waals surface area contributed by atoms with Gasteiger partial charge in [0.05, 0.1) is 5.38 Å². The minimum Gasteiger partial charge on any atom is -0.298 e. The van der Waals surface area contributed by atoms with Crippen molar-refractivity contribution in [2.24, 2.45) is 5.41 Å². The van der Waals surface area contributed by atoms with Crippen molar-refractivity contribution in [1.82, 2.24) is 0 Å². The quantitative estimate of drug-likeness (QED) is 0.494. The predicted octanol–water partition coefficient (Wildman–Crippen LogP) is 2.13. The van der Waals surface area contributed by atoms with Crippen molar-refractivity contribution in [2.75, 3.05) is 0 Å². The molecule has 0 aromatic carbocycles. The van der Waals surface area contributed by atoms with Crippen LogP contribution in [0.3, 0.4) is 0 Å². The molecule has 1 spiro atoms. The van der Waals surface area contributed by atoms with Crippen molar-refractivity contribution in [1.29, 1.82) is 0 Å². The van der Waals surface area contributed by atoms with Crippen molar-refractivity contribution in [2.45, 2.75) is 37.5 Å². The molecular weight excluding hydrogens is 148 g/mol. The molecule has 0 N–H and O–H groups in total. The summed E-state index contributed by atoms with van der Waals surface area (Å²) >= 11 is 5.81. The van der Waals surface area contributed by atoms with Crippen LogP contribution in [0, 0.1) is 5.41 Å². The number of hydrogen-bond acceptors (Lipinski definition) is 1. The van der Waals surface area contributed by atoms with Gasteiger partial charge in [-0.1, -0.05) is 6.42 Å². The topological polar surface area (TPSA) is 17.1 Å². The zero-order chi connectivity index (χ0) is 7.19. The molecule has 2 saturated carbocycles. The molecule has 2 heteroatoms. The van der Waals surface area contributed by atoms with Gasteiger partial charge in [-0.2, -0.15) is 0 Å². The summed E-state index contributed by atoms with van der Waals surface area (Å²) in [6.07, 6.45) is 5.50. The first-order valence-electron chi connectivity index (χ1n) is 3.89. The van der Waals surface area contributed by atoms with Gasteiger partial charge in [-0.3, -0.25) is 4.79 Å². The molecular formula is C8H11ClO. The lowest BCUT2D eigenvalue weighted by Crippen LogP contribution is -2.26. The van der Waals surface area contributed by atoms with Crippen LogP contribution in [0.5, 0.6) is 0 Å². The molecule has 10 heavy (non-hydrogen) atoms. The van der Waals surface area contributed by atoms with E-state index in [-0.39, 0.29) is 11.2 Å². The molecule has 0 saturated heterocycles. The molecule has 0 radical (unpaired) electrons. The standard InChI is InChI=1S/C8H11ClO/c9-6-4-8(2-1-3-8)5-7(6)10/h6H,1-5H2. The molecule has 2 fully saturated rings. The summed E-state index contributed by atoms with van der Waals surface area (Å²) in [6.45, 7) is 0. The SMILES string of the molecule is O=C1CC2(CCC2)CC1Cl. The first-order chi connectivity index (χ1) is 4.72. The van der Waals surface area contributed by atoms with Crippen molar-refractivity contribution in [3.63, 3.8) is 0 Å². The van der Waals surface area contributed by atoms with Gasteiger partial charge in [0, 0.05) is 6.42 Å². The fourth-order valence-corrected chi connectivity index (χ4v) is 2.51. The van der Waals surface area contributed by atoms with Gasteiger partial charge >= 0.3 is 0 Å². The Morgan fingerprint density at radius 1 is 1.50 bits per heavy atom. The maximum atomic E-state index is 11.1. The normalized spacial score (nSPS) is 36.5. The van der Waals surface area contributed by atoms with Gasteiger partial charge in [-0.15, -0.1) is 11.6 Å². The Labute approximate surface area is 65.7 Å². The monoisotopic (exact) mass is 158 g/mol. The predicted molar refractivity (Wildman–Crippen MR) is 40.2 cm³/mol. The lowest BCUT2D eigenvalue weighted by atomic mass is 9.68. The molecule has 1 unspecified atom stereocenters. The van der Waals surface area contributed by atoms with E-state index in [9.17, 15) is 4.79 Å². The van der Waals surface area contributed by atoms with E-state index in [1.807, 2.05) is 0 Å². The van der Waals surface area contributed by atoms with Crippen LogP contribution in [0.4, 0.5) is 0 Å². The van der Waals surface area contributed by atoms with E-state index >= 15 is 0 Å². The number of rotatable bonds is 0. The van der Waals surface area contributed by atoms with Gasteiger partial charge < -0.3 is 0 Å². The molecule has 0 aromatic heterocycles. The second-order valence-electron chi connectivity index (χ2n) is 3.67. The molecule has 0 aliphatic heterocycles. The van der Waals surface area contributed by atoms with E-state index in [1.54, 1.807) is 0 Å².